The van der Waals surface area contributed by atoms with E-state index in [4.69, 9.17) is 9.52 Å². The molecule has 10 heteroatoms. The number of hydrogen-bond donors (Lipinski definition) is 5. The number of carboxylic acids is 2. The maximum Gasteiger partial charge on any atom is 0.372 e. The molecular formula is C37H37N3O7. The standard InChI is InChI=1S/C33H27NO7.C4H10N2/c1-20-28-18-26(13-14-30(28)41-31(20)33(39)40)34(19-21-3-2-4-27(35)17-21)16-15-29(36)24-9-5-22(6-10-24)23-7-11-25(12-8-23)32(37)38;1-2-6-4-3-5-1/h2-14,17-18,35H,15-16,19H2,1H3,(H,37,38)(H,39,40);5-6H,1-4H2. The Morgan fingerprint density at radius 3 is 1.94 bits per heavy atom. The number of fused-ring (bicyclic) bond motifs is 1. The molecule has 0 amide bonds. The number of aromatic hydroxyl groups is 1. The molecule has 0 atom stereocenters. The van der Waals surface area contributed by atoms with E-state index in [0.29, 0.717) is 35.2 Å². The molecule has 4 aromatic carbocycles. The zero-order valence-corrected chi connectivity index (χ0v) is 26.0. The molecule has 0 aliphatic carbocycles. The van der Waals surface area contributed by atoms with Crippen LogP contribution in [0, 0.1) is 6.92 Å². The molecule has 2 heterocycles. The Labute approximate surface area is 272 Å². The lowest BCUT2D eigenvalue weighted by molar-refractivity contribution is 0.0661. The molecule has 1 aromatic heterocycles. The van der Waals surface area contributed by atoms with Gasteiger partial charge < -0.3 is 35.3 Å². The lowest BCUT2D eigenvalue weighted by Gasteiger charge is -2.25. The summed E-state index contributed by atoms with van der Waals surface area (Å²) in [6, 6.07) is 26.1. The summed E-state index contributed by atoms with van der Waals surface area (Å²) >= 11 is 0. The molecular weight excluding hydrogens is 598 g/mol. The van der Waals surface area contributed by atoms with Crippen molar-refractivity contribution in [1.82, 2.24) is 10.6 Å². The smallest absolute Gasteiger partial charge is 0.372 e. The molecule has 1 fully saturated rings. The van der Waals surface area contributed by atoms with Crippen LogP contribution in [0.25, 0.3) is 22.1 Å². The first-order valence-corrected chi connectivity index (χ1v) is 15.4. The Bertz CT molecular complexity index is 1850. The van der Waals surface area contributed by atoms with E-state index in [0.717, 1.165) is 48.6 Å². The number of nitrogens with zero attached hydrogens (tertiary/aromatic N) is 1. The van der Waals surface area contributed by atoms with Crippen molar-refractivity contribution in [2.75, 3.05) is 37.6 Å². The van der Waals surface area contributed by atoms with Crippen LogP contribution >= 0.6 is 0 Å². The van der Waals surface area contributed by atoms with Crippen LogP contribution in [0.5, 0.6) is 5.75 Å². The maximum absolute atomic E-state index is 13.2. The number of phenols is 1. The second-order valence-corrected chi connectivity index (χ2v) is 11.3. The van der Waals surface area contributed by atoms with Gasteiger partial charge in [0.2, 0.25) is 5.76 Å². The van der Waals surface area contributed by atoms with Gasteiger partial charge in [-0.25, -0.2) is 9.59 Å². The minimum Gasteiger partial charge on any atom is -0.508 e. The Morgan fingerprint density at radius 1 is 0.766 bits per heavy atom. The topological polar surface area (TPSA) is 152 Å². The van der Waals surface area contributed by atoms with Crippen LogP contribution < -0.4 is 15.5 Å². The maximum atomic E-state index is 13.2. The van der Waals surface area contributed by atoms with E-state index in [-0.39, 0.29) is 29.3 Å². The number of hydrogen-bond acceptors (Lipinski definition) is 8. The highest BCUT2D eigenvalue weighted by Crippen LogP contribution is 2.31. The van der Waals surface area contributed by atoms with Gasteiger partial charge in [-0.05, 0) is 66.1 Å². The predicted molar refractivity (Wildman–Crippen MR) is 181 cm³/mol. The monoisotopic (exact) mass is 635 g/mol. The van der Waals surface area contributed by atoms with Gasteiger partial charge in [-0.2, -0.15) is 0 Å². The summed E-state index contributed by atoms with van der Waals surface area (Å²) < 4.78 is 5.51. The zero-order chi connectivity index (χ0) is 33.3. The molecule has 1 aliphatic rings. The van der Waals surface area contributed by atoms with Crippen molar-refractivity contribution in [2.24, 2.45) is 0 Å². The summed E-state index contributed by atoms with van der Waals surface area (Å²) in [5, 5.41) is 35.6. The number of aryl methyl sites for hydroxylation is 1. The molecule has 0 saturated carbocycles. The largest absolute Gasteiger partial charge is 0.508 e. The van der Waals surface area contributed by atoms with Crippen molar-refractivity contribution in [2.45, 2.75) is 19.9 Å². The lowest BCUT2D eigenvalue weighted by atomic mass is 10.0. The van der Waals surface area contributed by atoms with Crippen LogP contribution in [0.15, 0.2) is 95.4 Å². The average Bonchev–Trinajstić information content (AvgIpc) is 3.43. The Balaban J connectivity index is 0.000000650. The first kappa shape index (κ1) is 32.9. The number of Topliss-reactive ketones (excluding diaryl/α,β-unsaturated/α-hetero) is 1. The number of anilines is 1. The van der Waals surface area contributed by atoms with E-state index >= 15 is 0 Å². The highest BCUT2D eigenvalue weighted by molar-refractivity contribution is 5.97. The summed E-state index contributed by atoms with van der Waals surface area (Å²) in [6.07, 6.45) is 0.217. The van der Waals surface area contributed by atoms with E-state index in [2.05, 4.69) is 10.6 Å². The number of ketones is 1. The van der Waals surface area contributed by atoms with Crippen molar-refractivity contribution >= 4 is 34.4 Å². The fourth-order valence-electron chi connectivity index (χ4n) is 5.42. The van der Waals surface area contributed by atoms with Gasteiger partial charge in [0, 0.05) is 67.9 Å². The number of piperazine rings is 1. The molecule has 1 aliphatic heterocycles. The molecule has 0 spiro atoms. The number of nitrogens with one attached hydrogen (secondary N) is 2. The first-order valence-electron chi connectivity index (χ1n) is 15.4. The van der Waals surface area contributed by atoms with Gasteiger partial charge in [0.25, 0.3) is 0 Å². The summed E-state index contributed by atoms with van der Waals surface area (Å²) in [6.45, 7) is 7.05. The second kappa shape index (κ2) is 15.2. The van der Waals surface area contributed by atoms with E-state index < -0.39 is 11.9 Å². The van der Waals surface area contributed by atoms with Gasteiger partial charge >= 0.3 is 11.9 Å². The highest BCUT2D eigenvalue weighted by Gasteiger charge is 2.19. The van der Waals surface area contributed by atoms with Gasteiger partial charge in [0.15, 0.2) is 5.78 Å². The Kier molecular flexibility index (Phi) is 10.7. The molecule has 10 nitrogen and oxygen atoms in total. The van der Waals surface area contributed by atoms with Crippen LogP contribution in [-0.4, -0.2) is 65.8 Å². The van der Waals surface area contributed by atoms with Gasteiger partial charge in [-0.3, -0.25) is 4.79 Å². The number of carboxylic acid groups (broad SMARTS) is 2. The molecule has 6 rings (SSSR count). The minimum absolute atomic E-state index is 0.0487. The second-order valence-electron chi connectivity index (χ2n) is 11.3. The number of benzene rings is 4. The van der Waals surface area contributed by atoms with E-state index in [1.54, 1.807) is 67.6 Å². The highest BCUT2D eigenvalue weighted by atomic mass is 16.4. The van der Waals surface area contributed by atoms with Crippen molar-refractivity contribution < 1.29 is 34.1 Å². The third-order valence-electron chi connectivity index (χ3n) is 8.00. The van der Waals surface area contributed by atoms with Crippen molar-refractivity contribution in [3.8, 4) is 16.9 Å². The molecule has 242 valence electrons. The van der Waals surface area contributed by atoms with Crippen molar-refractivity contribution in [3.05, 3.63) is 119 Å². The van der Waals surface area contributed by atoms with Crippen LogP contribution in [0.4, 0.5) is 5.69 Å². The summed E-state index contributed by atoms with van der Waals surface area (Å²) in [7, 11) is 0. The fraction of sp³-hybridized carbons (Fsp3) is 0.216. The predicted octanol–water partition coefficient (Wildman–Crippen LogP) is 5.97. The third kappa shape index (κ3) is 8.43. The fourth-order valence-corrected chi connectivity index (χ4v) is 5.42. The van der Waals surface area contributed by atoms with Gasteiger partial charge in [0.1, 0.15) is 11.3 Å². The SMILES string of the molecule is C1CNCCN1.Cc1c(C(=O)O)oc2ccc(N(CCC(=O)c3ccc(-c4ccc(C(=O)O)cc4)cc3)Cc3cccc(O)c3)cc12. The van der Waals surface area contributed by atoms with Crippen molar-refractivity contribution in [1.29, 1.82) is 0 Å². The Morgan fingerprint density at radius 2 is 1.38 bits per heavy atom. The molecule has 0 bridgehead atoms. The van der Waals surface area contributed by atoms with Crippen LogP contribution in [0.1, 0.15) is 48.8 Å². The van der Waals surface area contributed by atoms with E-state index in [9.17, 15) is 24.6 Å². The number of furan rings is 1. The summed E-state index contributed by atoms with van der Waals surface area (Å²) in [5.41, 5.74) is 5.12. The summed E-state index contributed by atoms with van der Waals surface area (Å²) in [5.74, 6) is -2.13. The minimum atomic E-state index is -1.13. The Hall–Kier alpha value is -5.45. The van der Waals surface area contributed by atoms with Crippen LogP contribution in [-0.2, 0) is 6.54 Å². The first-order chi connectivity index (χ1) is 22.7. The zero-order valence-electron chi connectivity index (χ0n) is 26.0. The van der Waals surface area contributed by atoms with Crippen LogP contribution in [0.3, 0.4) is 0 Å². The van der Waals surface area contributed by atoms with E-state index in [1.807, 2.05) is 35.2 Å². The van der Waals surface area contributed by atoms with E-state index in [1.165, 1.54) is 0 Å². The quantitative estimate of drug-likeness (QED) is 0.116. The number of phenolic OH excluding ortho intramolecular Hbond substituents is 1. The molecule has 47 heavy (non-hydrogen) atoms. The van der Waals surface area contributed by atoms with Gasteiger partial charge in [-0.1, -0.05) is 48.5 Å². The molecule has 1 saturated heterocycles. The van der Waals surface area contributed by atoms with Crippen LogP contribution in [0.2, 0.25) is 0 Å². The average molecular weight is 636 g/mol. The number of aromatic carboxylic acids is 2. The number of carbonyl (C=O) groups is 3. The van der Waals surface area contributed by atoms with Gasteiger partial charge in [0.05, 0.1) is 5.56 Å². The van der Waals surface area contributed by atoms with Gasteiger partial charge in [-0.15, -0.1) is 0 Å². The molecule has 0 radical (unpaired) electrons. The van der Waals surface area contributed by atoms with Crippen molar-refractivity contribution in [3.63, 3.8) is 0 Å². The molecule has 5 aromatic rings. The summed E-state index contributed by atoms with van der Waals surface area (Å²) in [4.78, 5) is 37.9. The molecule has 0 unspecified atom stereocenters. The number of rotatable bonds is 10. The lowest BCUT2D eigenvalue weighted by Crippen LogP contribution is -2.39. The normalized spacial score (nSPS) is 12.6. The number of carbonyl (C=O) groups excluding carboxylic acids is 1. The third-order valence-corrected chi connectivity index (χ3v) is 8.00. The molecule has 5 N–H and O–H groups in total.